The van der Waals surface area contributed by atoms with Gasteiger partial charge in [-0.1, -0.05) is 31.0 Å². The van der Waals surface area contributed by atoms with E-state index in [2.05, 4.69) is 0 Å². The van der Waals surface area contributed by atoms with E-state index in [0.29, 0.717) is 19.4 Å². The number of nitrogens with zero attached hydrogens (tertiary/aromatic N) is 1. The second-order valence-electron chi connectivity index (χ2n) is 5.25. The van der Waals surface area contributed by atoms with Gasteiger partial charge in [0.2, 0.25) is 5.91 Å². The number of benzene rings is 1. The Morgan fingerprint density at radius 1 is 1.15 bits per heavy atom. The van der Waals surface area contributed by atoms with Crippen LogP contribution in [0.4, 0.5) is 5.69 Å². The number of carboxylic acid groups (broad SMARTS) is 1. The quantitative estimate of drug-likeness (QED) is 0.919. The van der Waals surface area contributed by atoms with Crippen LogP contribution >= 0.6 is 0 Å². The van der Waals surface area contributed by atoms with Gasteiger partial charge in [-0.15, -0.1) is 0 Å². The third kappa shape index (κ3) is 3.00. The van der Waals surface area contributed by atoms with Crippen molar-refractivity contribution in [3.05, 3.63) is 30.3 Å². The lowest BCUT2D eigenvalue weighted by Crippen LogP contribution is -2.42. The minimum Gasteiger partial charge on any atom is -0.481 e. The molecular weight excluding hydrogens is 254 g/mol. The van der Waals surface area contributed by atoms with Gasteiger partial charge >= 0.3 is 5.97 Å². The van der Waals surface area contributed by atoms with E-state index in [1.807, 2.05) is 37.3 Å². The van der Waals surface area contributed by atoms with E-state index in [1.165, 1.54) is 0 Å². The maximum absolute atomic E-state index is 12.7. The van der Waals surface area contributed by atoms with Gasteiger partial charge in [-0.25, -0.2) is 0 Å². The molecule has 2 rings (SSSR count). The lowest BCUT2D eigenvalue weighted by Gasteiger charge is -2.32. The minimum absolute atomic E-state index is 0.0502. The number of rotatable bonds is 4. The average Bonchev–Trinajstić information content (AvgIpc) is 2.49. The number of hydrogen-bond acceptors (Lipinski definition) is 2. The molecule has 1 aromatic rings. The van der Waals surface area contributed by atoms with Crippen molar-refractivity contribution in [2.75, 3.05) is 11.4 Å². The maximum Gasteiger partial charge on any atom is 0.307 e. The maximum atomic E-state index is 12.7. The van der Waals surface area contributed by atoms with Gasteiger partial charge in [0.1, 0.15) is 0 Å². The molecule has 1 fully saturated rings. The van der Waals surface area contributed by atoms with Crippen LogP contribution in [0.2, 0.25) is 0 Å². The van der Waals surface area contributed by atoms with Crippen LogP contribution in [0.3, 0.4) is 0 Å². The zero-order valence-corrected chi connectivity index (χ0v) is 11.8. The number of carboxylic acids is 1. The van der Waals surface area contributed by atoms with Gasteiger partial charge in [0.05, 0.1) is 11.8 Å². The van der Waals surface area contributed by atoms with Gasteiger partial charge in [-0.05, 0) is 31.9 Å². The Kier molecular flexibility index (Phi) is 4.77. The molecule has 1 aliphatic carbocycles. The highest BCUT2D eigenvalue weighted by molar-refractivity contribution is 5.97. The Bertz CT molecular complexity index is 472. The summed E-state index contributed by atoms with van der Waals surface area (Å²) in [5.41, 5.74) is 0.842. The third-order valence-corrected chi connectivity index (χ3v) is 4.05. The summed E-state index contributed by atoms with van der Waals surface area (Å²) in [5.74, 6) is -1.81. The third-order valence-electron chi connectivity index (χ3n) is 4.05. The normalized spacial score (nSPS) is 22.2. The van der Waals surface area contributed by atoms with E-state index in [0.717, 1.165) is 18.5 Å². The molecule has 20 heavy (non-hydrogen) atoms. The Balaban J connectivity index is 2.21. The summed E-state index contributed by atoms with van der Waals surface area (Å²) in [5, 5.41) is 9.31. The van der Waals surface area contributed by atoms with E-state index < -0.39 is 11.9 Å². The van der Waals surface area contributed by atoms with E-state index >= 15 is 0 Å². The number of aliphatic carboxylic acids is 1. The van der Waals surface area contributed by atoms with Crippen molar-refractivity contribution in [3.8, 4) is 0 Å². The number of carbonyl (C=O) groups is 2. The van der Waals surface area contributed by atoms with Gasteiger partial charge in [0.25, 0.3) is 0 Å². The van der Waals surface area contributed by atoms with Crippen molar-refractivity contribution in [2.24, 2.45) is 11.8 Å². The fourth-order valence-corrected chi connectivity index (χ4v) is 3.00. The summed E-state index contributed by atoms with van der Waals surface area (Å²) in [7, 11) is 0. The Morgan fingerprint density at radius 3 is 2.30 bits per heavy atom. The van der Waals surface area contributed by atoms with Crippen molar-refractivity contribution in [2.45, 2.75) is 32.6 Å². The monoisotopic (exact) mass is 275 g/mol. The molecule has 0 heterocycles. The van der Waals surface area contributed by atoms with Crippen LogP contribution in [-0.2, 0) is 9.59 Å². The molecule has 1 N–H and O–H groups in total. The summed E-state index contributed by atoms with van der Waals surface area (Å²) in [6.07, 6.45) is 3.13. The first-order valence-electron chi connectivity index (χ1n) is 7.24. The lowest BCUT2D eigenvalue weighted by molar-refractivity contribution is -0.148. The Hall–Kier alpha value is -1.84. The summed E-state index contributed by atoms with van der Waals surface area (Å²) in [6.45, 7) is 2.48. The number of carbonyl (C=O) groups excluding carboxylic acids is 1. The first kappa shape index (κ1) is 14.6. The van der Waals surface area contributed by atoms with Crippen molar-refractivity contribution in [1.82, 2.24) is 0 Å². The second kappa shape index (κ2) is 6.55. The summed E-state index contributed by atoms with van der Waals surface area (Å²) in [4.78, 5) is 25.8. The van der Waals surface area contributed by atoms with E-state index in [4.69, 9.17) is 0 Å². The molecule has 0 saturated heterocycles. The van der Waals surface area contributed by atoms with Gasteiger partial charge in [-0.3, -0.25) is 9.59 Å². The molecule has 0 aliphatic heterocycles. The predicted molar refractivity (Wildman–Crippen MR) is 77.6 cm³/mol. The lowest BCUT2D eigenvalue weighted by atomic mass is 9.78. The number of para-hydroxylation sites is 1. The van der Waals surface area contributed by atoms with Crippen molar-refractivity contribution >= 4 is 17.6 Å². The predicted octanol–water partition coefficient (Wildman–Crippen LogP) is 2.93. The first-order chi connectivity index (χ1) is 9.65. The molecule has 1 aromatic carbocycles. The Morgan fingerprint density at radius 2 is 1.75 bits per heavy atom. The highest BCUT2D eigenvalue weighted by Crippen LogP contribution is 2.32. The summed E-state index contributed by atoms with van der Waals surface area (Å²) in [6, 6.07) is 9.46. The van der Waals surface area contributed by atoms with Crippen LogP contribution in [0.15, 0.2) is 30.3 Å². The van der Waals surface area contributed by atoms with Crippen molar-refractivity contribution in [3.63, 3.8) is 0 Å². The molecule has 108 valence electrons. The smallest absolute Gasteiger partial charge is 0.307 e. The molecule has 1 aliphatic rings. The highest BCUT2D eigenvalue weighted by Gasteiger charge is 2.37. The molecule has 1 amide bonds. The molecule has 0 spiro atoms. The molecule has 0 bridgehead atoms. The van der Waals surface area contributed by atoms with Crippen molar-refractivity contribution < 1.29 is 14.7 Å². The average molecular weight is 275 g/mol. The topological polar surface area (TPSA) is 57.6 Å². The van der Waals surface area contributed by atoms with Crippen LogP contribution in [-0.4, -0.2) is 23.5 Å². The summed E-state index contributed by atoms with van der Waals surface area (Å²) >= 11 is 0. The zero-order valence-electron chi connectivity index (χ0n) is 11.8. The van der Waals surface area contributed by atoms with Crippen LogP contribution in [0.25, 0.3) is 0 Å². The fourth-order valence-electron chi connectivity index (χ4n) is 3.00. The molecule has 4 nitrogen and oxygen atoms in total. The summed E-state index contributed by atoms with van der Waals surface area (Å²) < 4.78 is 0. The SMILES string of the molecule is CCN(C(=O)[C@H]1CCCC[C@@H]1C(=O)O)c1ccccc1. The van der Waals surface area contributed by atoms with Gasteiger partial charge in [0, 0.05) is 12.2 Å². The number of amides is 1. The van der Waals surface area contributed by atoms with Crippen LogP contribution in [0, 0.1) is 11.8 Å². The van der Waals surface area contributed by atoms with Gasteiger partial charge < -0.3 is 10.0 Å². The zero-order chi connectivity index (χ0) is 14.5. The number of hydrogen-bond donors (Lipinski definition) is 1. The number of anilines is 1. The standard InChI is InChI=1S/C16H21NO3/c1-2-17(12-8-4-3-5-9-12)15(18)13-10-6-7-11-14(13)16(19)20/h3-5,8-9,13-14H,2,6-7,10-11H2,1H3,(H,19,20)/t13-,14-/m0/s1. The fraction of sp³-hybridized carbons (Fsp3) is 0.500. The molecule has 2 atom stereocenters. The molecule has 1 saturated carbocycles. The minimum atomic E-state index is -0.841. The van der Waals surface area contributed by atoms with E-state index in [1.54, 1.807) is 4.90 Å². The van der Waals surface area contributed by atoms with Gasteiger partial charge in [0.15, 0.2) is 0 Å². The van der Waals surface area contributed by atoms with Crippen LogP contribution in [0.1, 0.15) is 32.6 Å². The van der Waals surface area contributed by atoms with Crippen molar-refractivity contribution in [1.29, 1.82) is 0 Å². The molecule has 0 radical (unpaired) electrons. The molecule has 0 aromatic heterocycles. The molecule has 0 unspecified atom stereocenters. The van der Waals surface area contributed by atoms with E-state index in [-0.39, 0.29) is 11.8 Å². The van der Waals surface area contributed by atoms with Crippen LogP contribution in [0.5, 0.6) is 0 Å². The second-order valence-corrected chi connectivity index (χ2v) is 5.25. The van der Waals surface area contributed by atoms with E-state index in [9.17, 15) is 14.7 Å². The largest absolute Gasteiger partial charge is 0.481 e. The molecule has 4 heteroatoms. The molecular formula is C16H21NO3. The highest BCUT2D eigenvalue weighted by atomic mass is 16.4. The van der Waals surface area contributed by atoms with Gasteiger partial charge in [-0.2, -0.15) is 0 Å². The first-order valence-corrected chi connectivity index (χ1v) is 7.24. The Labute approximate surface area is 119 Å². The van der Waals surface area contributed by atoms with Crippen LogP contribution < -0.4 is 4.90 Å².